The van der Waals surface area contributed by atoms with Gasteiger partial charge in [0.1, 0.15) is 13.2 Å². The Morgan fingerprint density at radius 1 is 0.297 bits per heavy atom. The van der Waals surface area contributed by atoms with Gasteiger partial charge in [-0.2, -0.15) is 0 Å². The maximum atomic E-state index is 12.8. The van der Waals surface area contributed by atoms with Crippen LogP contribution >= 0.6 is 0 Å². The highest BCUT2D eigenvalue weighted by Gasteiger charge is 2.19. The van der Waals surface area contributed by atoms with Gasteiger partial charge in [-0.15, -0.1) is 0 Å². The zero-order valence-electron chi connectivity index (χ0n) is 43.9. The smallest absolute Gasteiger partial charge is 0.306 e. The van der Waals surface area contributed by atoms with E-state index in [-0.39, 0.29) is 31.1 Å². The van der Waals surface area contributed by atoms with Crippen molar-refractivity contribution in [2.24, 2.45) is 11.8 Å². The van der Waals surface area contributed by atoms with Crippen LogP contribution in [0.4, 0.5) is 0 Å². The summed E-state index contributed by atoms with van der Waals surface area (Å²) in [4.78, 5) is 38.1. The van der Waals surface area contributed by atoms with Crippen LogP contribution in [0.1, 0.15) is 324 Å². The van der Waals surface area contributed by atoms with E-state index in [1.807, 2.05) is 0 Å². The second kappa shape index (κ2) is 50.8. The third-order valence-corrected chi connectivity index (χ3v) is 13.2. The molecule has 0 N–H and O–H groups in total. The Bertz CT molecular complexity index is 978. The van der Waals surface area contributed by atoms with Gasteiger partial charge in [-0.25, -0.2) is 0 Å². The number of carbonyl (C=O) groups is 3. The van der Waals surface area contributed by atoms with E-state index in [4.69, 9.17) is 14.2 Å². The first-order valence-electron chi connectivity index (χ1n) is 28.7. The molecule has 0 saturated heterocycles. The van der Waals surface area contributed by atoms with E-state index in [9.17, 15) is 14.4 Å². The maximum Gasteiger partial charge on any atom is 0.306 e. The molecular formula is C58H112O6. The summed E-state index contributed by atoms with van der Waals surface area (Å²) in [6.45, 7) is 11.4. The van der Waals surface area contributed by atoms with Gasteiger partial charge in [-0.1, -0.05) is 285 Å². The van der Waals surface area contributed by atoms with E-state index in [0.29, 0.717) is 19.3 Å². The van der Waals surface area contributed by atoms with Crippen molar-refractivity contribution in [2.45, 2.75) is 330 Å². The first-order valence-corrected chi connectivity index (χ1v) is 28.7. The SMILES string of the molecule is CCCCCCCCCCCCCCCCCCCCC(=O)OC[C@@H](COC(=O)CCCCCCCCCCCC(C)C)OC(=O)CCCCCCCCCCCCCCCC(C)C. The van der Waals surface area contributed by atoms with Crippen LogP contribution in [0.25, 0.3) is 0 Å². The Kier molecular flexibility index (Phi) is 49.6. The number of hydrogen-bond acceptors (Lipinski definition) is 6. The molecule has 6 heteroatoms. The van der Waals surface area contributed by atoms with Gasteiger partial charge >= 0.3 is 17.9 Å². The predicted octanol–water partition coefficient (Wildman–Crippen LogP) is 18.9. The van der Waals surface area contributed by atoms with Crippen molar-refractivity contribution in [3.8, 4) is 0 Å². The van der Waals surface area contributed by atoms with Gasteiger partial charge in [-0.3, -0.25) is 14.4 Å². The number of esters is 3. The van der Waals surface area contributed by atoms with Crippen LogP contribution in [0.2, 0.25) is 0 Å². The molecular weight excluding hydrogens is 793 g/mol. The van der Waals surface area contributed by atoms with Crippen molar-refractivity contribution in [2.75, 3.05) is 13.2 Å². The minimum absolute atomic E-state index is 0.0630. The number of unbranched alkanes of at least 4 members (excludes halogenated alkanes) is 37. The highest BCUT2D eigenvalue weighted by Crippen LogP contribution is 2.18. The lowest BCUT2D eigenvalue weighted by atomic mass is 10.0. The van der Waals surface area contributed by atoms with Crippen molar-refractivity contribution >= 4 is 17.9 Å². The zero-order valence-corrected chi connectivity index (χ0v) is 43.9. The quantitative estimate of drug-likeness (QED) is 0.0344. The fraction of sp³-hybridized carbons (Fsp3) is 0.948. The van der Waals surface area contributed by atoms with Crippen molar-refractivity contribution in [1.82, 2.24) is 0 Å². The molecule has 0 fully saturated rings. The van der Waals surface area contributed by atoms with E-state index in [0.717, 1.165) is 69.6 Å². The van der Waals surface area contributed by atoms with Crippen molar-refractivity contribution in [3.63, 3.8) is 0 Å². The highest BCUT2D eigenvalue weighted by atomic mass is 16.6. The van der Waals surface area contributed by atoms with Crippen molar-refractivity contribution in [1.29, 1.82) is 0 Å². The summed E-state index contributed by atoms with van der Waals surface area (Å²) in [7, 11) is 0. The predicted molar refractivity (Wildman–Crippen MR) is 275 cm³/mol. The summed E-state index contributed by atoms with van der Waals surface area (Å²) in [5, 5.41) is 0. The third-order valence-electron chi connectivity index (χ3n) is 13.2. The van der Waals surface area contributed by atoms with Gasteiger partial charge in [0.05, 0.1) is 0 Å². The Hall–Kier alpha value is -1.59. The van der Waals surface area contributed by atoms with Crippen LogP contribution in [0, 0.1) is 11.8 Å². The number of hydrogen-bond donors (Lipinski definition) is 0. The summed E-state index contributed by atoms with van der Waals surface area (Å²) < 4.78 is 16.9. The summed E-state index contributed by atoms with van der Waals surface area (Å²) in [6.07, 6.45) is 53.8. The van der Waals surface area contributed by atoms with Gasteiger partial charge in [-0.05, 0) is 31.1 Å². The molecule has 0 rings (SSSR count). The number of ether oxygens (including phenoxy) is 3. The summed E-state index contributed by atoms with van der Waals surface area (Å²) >= 11 is 0. The second-order valence-electron chi connectivity index (χ2n) is 20.9. The van der Waals surface area contributed by atoms with E-state index in [1.165, 1.54) is 212 Å². The van der Waals surface area contributed by atoms with Crippen LogP contribution < -0.4 is 0 Å². The summed E-state index contributed by atoms with van der Waals surface area (Å²) in [5.74, 6) is 0.805. The third kappa shape index (κ3) is 51.4. The monoisotopic (exact) mass is 905 g/mol. The second-order valence-corrected chi connectivity index (χ2v) is 20.9. The summed E-state index contributed by atoms with van der Waals surface area (Å²) in [5.41, 5.74) is 0. The van der Waals surface area contributed by atoms with Crippen molar-refractivity contribution < 1.29 is 28.6 Å². The molecule has 0 radical (unpaired) electrons. The molecule has 1 atom stereocenters. The molecule has 0 aliphatic rings. The highest BCUT2D eigenvalue weighted by molar-refractivity contribution is 5.71. The molecule has 0 bridgehead atoms. The summed E-state index contributed by atoms with van der Waals surface area (Å²) in [6, 6.07) is 0. The Morgan fingerprint density at radius 2 is 0.516 bits per heavy atom. The molecule has 0 aromatic carbocycles. The lowest BCUT2D eigenvalue weighted by Gasteiger charge is -2.18. The molecule has 0 aliphatic carbocycles. The van der Waals surface area contributed by atoms with E-state index in [1.54, 1.807) is 0 Å². The molecule has 0 unspecified atom stereocenters. The van der Waals surface area contributed by atoms with Gasteiger partial charge in [0.2, 0.25) is 0 Å². The average molecular weight is 906 g/mol. The number of carbonyl (C=O) groups excluding carboxylic acids is 3. The minimum atomic E-state index is -0.763. The normalized spacial score (nSPS) is 12.0. The minimum Gasteiger partial charge on any atom is -0.462 e. The van der Waals surface area contributed by atoms with Gasteiger partial charge in [0, 0.05) is 19.3 Å². The topological polar surface area (TPSA) is 78.9 Å². The van der Waals surface area contributed by atoms with Crippen LogP contribution in [-0.4, -0.2) is 37.2 Å². The van der Waals surface area contributed by atoms with Crippen LogP contribution in [0.15, 0.2) is 0 Å². The molecule has 0 saturated carbocycles. The van der Waals surface area contributed by atoms with Crippen LogP contribution in [-0.2, 0) is 28.6 Å². The van der Waals surface area contributed by atoms with Gasteiger partial charge in [0.25, 0.3) is 0 Å². The van der Waals surface area contributed by atoms with Crippen molar-refractivity contribution in [3.05, 3.63) is 0 Å². The molecule has 380 valence electrons. The lowest BCUT2D eigenvalue weighted by Crippen LogP contribution is -2.30. The molecule has 0 amide bonds. The first-order chi connectivity index (χ1) is 31.2. The fourth-order valence-electron chi connectivity index (χ4n) is 8.87. The maximum absolute atomic E-state index is 12.8. The molecule has 0 heterocycles. The molecule has 6 nitrogen and oxygen atoms in total. The Balaban J connectivity index is 4.28. The van der Waals surface area contributed by atoms with Crippen LogP contribution in [0.3, 0.4) is 0 Å². The first kappa shape index (κ1) is 62.4. The van der Waals surface area contributed by atoms with E-state index in [2.05, 4.69) is 34.6 Å². The Labute approximate surface area is 399 Å². The van der Waals surface area contributed by atoms with Gasteiger partial charge in [0.15, 0.2) is 6.10 Å². The van der Waals surface area contributed by atoms with Crippen LogP contribution in [0.5, 0.6) is 0 Å². The molecule has 64 heavy (non-hydrogen) atoms. The zero-order chi connectivity index (χ0) is 46.8. The average Bonchev–Trinajstić information content (AvgIpc) is 3.27. The fourth-order valence-corrected chi connectivity index (χ4v) is 8.87. The standard InChI is InChI=1S/C58H112O6/c1-6-7-8-9-10-11-12-13-14-15-16-17-20-23-28-33-38-43-48-56(59)62-51-55(52-63-57(60)49-44-39-34-30-25-27-32-37-42-47-54(4)5)64-58(61)50-45-40-35-29-24-21-18-19-22-26-31-36-41-46-53(2)3/h53-55H,6-52H2,1-5H3/t55-/m0/s1. The molecule has 0 aromatic rings. The largest absolute Gasteiger partial charge is 0.462 e. The van der Waals surface area contributed by atoms with E-state index >= 15 is 0 Å². The van der Waals surface area contributed by atoms with E-state index < -0.39 is 6.10 Å². The lowest BCUT2D eigenvalue weighted by molar-refractivity contribution is -0.167. The molecule has 0 aliphatic heterocycles. The number of rotatable bonds is 52. The Morgan fingerprint density at radius 3 is 0.766 bits per heavy atom. The van der Waals surface area contributed by atoms with Gasteiger partial charge < -0.3 is 14.2 Å². The molecule has 0 spiro atoms. The molecule has 0 aromatic heterocycles.